The number of nitrogens with one attached hydrogen (secondary N) is 1. The Hall–Kier alpha value is -4.03. The van der Waals surface area contributed by atoms with Crippen LogP contribution in [0.1, 0.15) is 28.4 Å². The number of benzene rings is 3. The van der Waals surface area contributed by atoms with E-state index in [0.717, 1.165) is 22.2 Å². The van der Waals surface area contributed by atoms with Crippen LogP contribution in [0.15, 0.2) is 72.3 Å². The van der Waals surface area contributed by atoms with Gasteiger partial charge in [-0.15, -0.1) is 0 Å². The van der Waals surface area contributed by atoms with E-state index in [1.165, 1.54) is 4.90 Å². The molecule has 35 heavy (non-hydrogen) atoms. The van der Waals surface area contributed by atoms with Crippen LogP contribution in [0.5, 0.6) is 5.75 Å². The number of rotatable bonds is 4. The highest BCUT2D eigenvalue weighted by atomic mass is 35.5. The number of aliphatic hydroxyl groups is 1. The second-order valence-electron chi connectivity index (χ2n) is 8.54. The Morgan fingerprint density at radius 2 is 1.74 bits per heavy atom. The van der Waals surface area contributed by atoms with Crippen LogP contribution in [0.2, 0.25) is 5.02 Å². The molecule has 1 aromatic heterocycles. The average Bonchev–Trinajstić information content (AvgIpc) is 3.31. The molecular weight excluding hydrogens is 464 g/mol. The zero-order chi connectivity index (χ0) is 24.9. The smallest absolute Gasteiger partial charge is 0.300 e. The Balaban J connectivity index is 1.81. The molecule has 2 N–H and O–H groups in total. The van der Waals surface area contributed by atoms with Crippen LogP contribution in [0, 0.1) is 13.8 Å². The molecule has 176 valence electrons. The van der Waals surface area contributed by atoms with E-state index in [9.17, 15) is 14.7 Å². The summed E-state index contributed by atoms with van der Waals surface area (Å²) in [4.78, 5) is 31.7. The van der Waals surface area contributed by atoms with Gasteiger partial charge in [0.05, 0.1) is 18.7 Å². The van der Waals surface area contributed by atoms with Gasteiger partial charge in [-0.05, 0) is 67.9 Å². The molecule has 0 aliphatic carbocycles. The predicted octanol–water partition coefficient (Wildman–Crippen LogP) is 6.07. The zero-order valence-corrected chi connectivity index (χ0v) is 20.2. The summed E-state index contributed by atoms with van der Waals surface area (Å²) in [6.45, 7) is 3.72. The number of ketones is 1. The zero-order valence-electron chi connectivity index (χ0n) is 19.4. The molecule has 7 heteroatoms. The number of aromatic amines is 1. The topological polar surface area (TPSA) is 82.6 Å². The number of Topliss-reactive ketones (excluding diaryl/α,β-unsaturated/α-hetero) is 1. The Morgan fingerprint density at radius 1 is 1.03 bits per heavy atom. The molecule has 1 fully saturated rings. The van der Waals surface area contributed by atoms with Gasteiger partial charge in [-0.3, -0.25) is 14.5 Å². The summed E-state index contributed by atoms with van der Waals surface area (Å²) >= 11 is 6.09. The van der Waals surface area contributed by atoms with Crippen molar-refractivity contribution in [3.63, 3.8) is 0 Å². The number of para-hydroxylation sites is 1. The molecule has 4 aromatic rings. The molecule has 0 radical (unpaired) electrons. The lowest BCUT2D eigenvalue weighted by Gasteiger charge is -2.26. The van der Waals surface area contributed by atoms with E-state index in [4.69, 9.17) is 16.3 Å². The number of carbonyl (C=O) groups is 2. The predicted molar refractivity (Wildman–Crippen MR) is 137 cm³/mol. The first-order valence-electron chi connectivity index (χ1n) is 11.1. The van der Waals surface area contributed by atoms with Crippen molar-refractivity contribution < 1.29 is 19.4 Å². The number of nitrogens with zero attached hydrogens (tertiary/aromatic N) is 1. The molecule has 6 nitrogen and oxygen atoms in total. The summed E-state index contributed by atoms with van der Waals surface area (Å²) < 4.78 is 5.28. The summed E-state index contributed by atoms with van der Waals surface area (Å²) in [7, 11) is 1.56. The van der Waals surface area contributed by atoms with E-state index >= 15 is 0 Å². The van der Waals surface area contributed by atoms with Crippen molar-refractivity contribution in [2.45, 2.75) is 19.9 Å². The van der Waals surface area contributed by atoms with Crippen LogP contribution in [0.4, 0.5) is 5.69 Å². The Labute approximate surface area is 207 Å². The van der Waals surface area contributed by atoms with Gasteiger partial charge in [-0.25, -0.2) is 0 Å². The maximum atomic E-state index is 13.5. The number of ether oxygens (including phenoxy) is 1. The summed E-state index contributed by atoms with van der Waals surface area (Å²) in [6, 6.07) is 18.8. The molecular formula is C28H23ClN2O4. The minimum Gasteiger partial charge on any atom is -0.507 e. The van der Waals surface area contributed by atoms with Crippen LogP contribution in [0.25, 0.3) is 16.7 Å². The highest BCUT2D eigenvalue weighted by Crippen LogP contribution is 2.46. The largest absolute Gasteiger partial charge is 0.507 e. The standard InChI is InChI=1S/C28H23ClN2O4/c1-15-14-19(35-3)12-13-20(15)26(32)24-25(23-16(2)30-22-7-5-4-6-21(22)23)31(28(34)27(24)33)18-10-8-17(29)9-11-18/h4-14,25,30,32H,1-3H3/b26-24+. The van der Waals surface area contributed by atoms with Gasteiger partial charge in [0.15, 0.2) is 0 Å². The Morgan fingerprint density at radius 3 is 2.43 bits per heavy atom. The van der Waals surface area contributed by atoms with Gasteiger partial charge in [-0.1, -0.05) is 29.8 Å². The third kappa shape index (κ3) is 3.67. The fraction of sp³-hybridized carbons (Fsp3) is 0.143. The van der Waals surface area contributed by atoms with E-state index in [2.05, 4.69) is 4.98 Å². The summed E-state index contributed by atoms with van der Waals surface area (Å²) in [5, 5.41) is 12.9. The summed E-state index contributed by atoms with van der Waals surface area (Å²) in [5.74, 6) is -1.06. The number of halogens is 1. The van der Waals surface area contributed by atoms with E-state index in [-0.39, 0.29) is 11.3 Å². The lowest BCUT2D eigenvalue weighted by atomic mass is 9.92. The number of anilines is 1. The van der Waals surface area contributed by atoms with Crippen molar-refractivity contribution in [1.29, 1.82) is 0 Å². The van der Waals surface area contributed by atoms with Gasteiger partial charge < -0.3 is 14.8 Å². The van der Waals surface area contributed by atoms with E-state index in [1.54, 1.807) is 49.6 Å². The number of amides is 1. The molecule has 1 amide bonds. The first kappa shape index (κ1) is 22.7. The van der Waals surface area contributed by atoms with Crippen LogP contribution in [-0.4, -0.2) is 28.9 Å². The third-order valence-corrected chi connectivity index (χ3v) is 6.71. The lowest BCUT2D eigenvalue weighted by molar-refractivity contribution is -0.132. The van der Waals surface area contributed by atoms with Crippen LogP contribution < -0.4 is 9.64 Å². The van der Waals surface area contributed by atoms with Crippen molar-refractivity contribution in [2.24, 2.45) is 0 Å². The highest BCUT2D eigenvalue weighted by molar-refractivity contribution is 6.52. The molecule has 1 aliphatic heterocycles. The third-order valence-electron chi connectivity index (χ3n) is 6.45. The second kappa shape index (κ2) is 8.64. The number of aliphatic hydroxyl groups excluding tert-OH is 1. The van der Waals surface area contributed by atoms with Gasteiger partial charge in [-0.2, -0.15) is 0 Å². The molecule has 1 unspecified atom stereocenters. The maximum absolute atomic E-state index is 13.5. The summed E-state index contributed by atoms with van der Waals surface area (Å²) in [6.07, 6.45) is 0. The molecule has 0 saturated carbocycles. The molecule has 5 rings (SSSR count). The maximum Gasteiger partial charge on any atom is 0.300 e. The number of fused-ring (bicyclic) bond motifs is 1. The molecule has 1 atom stereocenters. The number of H-pyrrole nitrogens is 1. The fourth-order valence-corrected chi connectivity index (χ4v) is 4.92. The highest BCUT2D eigenvalue weighted by Gasteiger charge is 2.48. The van der Waals surface area contributed by atoms with Crippen molar-refractivity contribution in [1.82, 2.24) is 4.98 Å². The monoisotopic (exact) mass is 486 g/mol. The van der Waals surface area contributed by atoms with Crippen molar-refractivity contribution >= 4 is 45.6 Å². The molecule has 2 heterocycles. The van der Waals surface area contributed by atoms with Gasteiger partial charge in [0.1, 0.15) is 11.5 Å². The number of carbonyl (C=O) groups excluding carboxylic acids is 2. The molecule has 3 aromatic carbocycles. The molecule has 1 aliphatic rings. The Kier molecular flexibility index (Phi) is 5.61. The number of methoxy groups -OCH3 is 1. The number of aromatic nitrogens is 1. The van der Waals surface area contributed by atoms with E-state index < -0.39 is 17.7 Å². The first-order valence-corrected chi connectivity index (χ1v) is 11.5. The Bertz CT molecular complexity index is 1520. The van der Waals surface area contributed by atoms with Gasteiger partial charge >= 0.3 is 0 Å². The minimum absolute atomic E-state index is 0.0334. The van der Waals surface area contributed by atoms with Crippen LogP contribution in [0.3, 0.4) is 0 Å². The van der Waals surface area contributed by atoms with E-state index in [0.29, 0.717) is 27.6 Å². The van der Waals surface area contributed by atoms with Gasteiger partial charge in [0, 0.05) is 38.4 Å². The average molecular weight is 487 g/mol. The second-order valence-corrected chi connectivity index (χ2v) is 8.97. The number of aryl methyl sites for hydroxylation is 2. The molecule has 1 saturated heterocycles. The number of hydrogen-bond donors (Lipinski definition) is 2. The molecule has 0 spiro atoms. The van der Waals surface area contributed by atoms with Crippen molar-refractivity contribution in [3.05, 3.63) is 99.7 Å². The van der Waals surface area contributed by atoms with Crippen LogP contribution >= 0.6 is 11.6 Å². The molecule has 0 bridgehead atoms. The quantitative estimate of drug-likeness (QED) is 0.208. The van der Waals surface area contributed by atoms with Crippen molar-refractivity contribution in [2.75, 3.05) is 12.0 Å². The van der Waals surface area contributed by atoms with Crippen molar-refractivity contribution in [3.8, 4) is 5.75 Å². The lowest BCUT2D eigenvalue weighted by Crippen LogP contribution is -2.29. The van der Waals surface area contributed by atoms with Gasteiger partial charge in [0.2, 0.25) is 0 Å². The van der Waals surface area contributed by atoms with Crippen LogP contribution in [-0.2, 0) is 9.59 Å². The normalized spacial score (nSPS) is 17.4. The fourth-order valence-electron chi connectivity index (χ4n) is 4.80. The SMILES string of the molecule is COc1ccc(/C(O)=C2\C(=O)C(=O)N(c3ccc(Cl)cc3)C2c2c(C)[nH]c3ccccc23)c(C)c1. The summed E-state index contributed by atoms with van der Waals surface area (Å²) in [5.41, 5.74) is 4.15. The minimum atomic E-state index is -0.839. The van der Waals surface area contributed by atoms with Gasteiger partial charge in [0.25, 0.3) is 11.7 Å². The first-order chi connectivity index (χ1) is 16.8. The number of hydrogen-bond acceptors (Lipinski definition) is 4. The van der Waals surface area contributed by atoms with E-state index in [1.807, 2.05) is 38.1 Å².